The molecule has 1 nitrogen and oxygen atoms in total. The molecular formula is C10H10F2OS. The minimum absolute atomic E-state index is 0.474. The summed E-state index contributed by atoms with van der Waals surface area (Å²) in [4.78, 5) is 10.6. The number of benzene rings is 1. The summed E-state index contributed by atoms with van der Waals surface area (Å²) in [6, 6.07) is 6.84. The molecule has 1 aromatic carbocycles. The maximum atomic E-state index is 11.9. The zero-order valence-electron chi connectivity index (χ0n) is 7.45. The van der Waals surface area contributed by atoms with Gasteiger partial charge >= 0.3 is 0 Å². The van der Waals surface area contributed by atoms with Gasteiger partial charge in [-0.1, -0.05) is 23.9 Å². The number of thioether (sulfide) groups is 1. The van der Waals surface area contributed by atoms with E-state index >= 15 is 0 Å². The molecule has 0 saturated heterocycles. The molecule has 0 N–H and O–H groups in total. The molecule has 0 aliphatic rings. The molecule has 0 unspecified atom stereocenters. The maximum Gasteiger partial charge on any atom is 0.288 e. The van der Waals surface area contributed by atoms with Crippen molar-refractivity contribution >= 4 is 18.0 Å². The molecule has 0 aromatic heterocycles. The van der Waals surface area contributed by atoms with Crippen LogP contribution < -0.4 is 0 Å². The van der Waals surface area contributed by atoms with Gasteiger partial charge in [-0.05, 0) is 24.1 Å². The second-order valence-electron chi connectivity index (χ2n) is 2.73. The number of aldehydes is 1. The molecule has 0 aliphatic carbocycles. The Bertz CT molecular complexity index is 285. The Balaban J connectivity index is 2.54. The van der Waals surface area contributed by atoms with Gasteiger partial charge in [-0.3, -0.25) is 0 Å². The van der Waals surface area contributed by atoms with E-state index in [-0.39, 0.29) is 0 Å². The average Bonchev–Trinajstić information content (AvgIpc) is 2.16. The maximum absolute atomic E-state index is 11.9. The van der Waals surface area contributed by atoms with E-state index in [0.29, 0.717) is 29.5 Å². The van der Waals surface area contributed by atoms with Crippen LogP contribution in [-0.2, 0) is 11.2 Å². The van der Waals surface area contributed by atoms with E-state index in [1.165, 1.54) is 0 Å². The van der Waals surface area contributed by atoms with Crippen LogP contribution >= 0.6 is 11.8 Å². The van der Waals surface area contributed by atoms with Crippen LogP contribution in [0, 0.1) is 0 Å². The highest BCUT2D eigenvalue weighted by Crippen LogP contribution is 2.25. The standard InChI is InChI=1S/C10H10F2OS/c11-10(12)14-9-5-3-8(4-6-9)2-1-7-13/h3-7,10H,1-2H2. The Morgan fingerprint density at radius 2 is 1.93 bits per heavy atom. The molecule has 0 aliphatic heterocycles. The molecule has 76 valence electrons. The summed E-state index contributed by atoms with van der Waals surface area (Å²) in [6.07, 6.45) is 1.99. The van der Waals surface area contributed by atoms with Crippen molar-refractivity contribution in [1.82, 2.24) is 0 Å². The molecule has 0 atom stereocenters. The molecule has 0 radical (unpaired) electrons. The lowest BCUT2D eigenvalue weighted by Crippen LogP contribution is -1.86. The van der Waals surface area contributed by atoms with Crippen molar-refractivity contribution < 1.29 is 13.6 Å². The average molecular weight is 216 g/mol. The monoisotopic (exact) mass is 216 g/mol. The number of hydrogen-bond donors (Lipinski definition) is 0. The van der Waals surface area contributed by atoms with E-state index in [2.05, 4.69) is 0 Å². The fourth-order valence-electron chi connectivity index (χ4n) is 1.06. The molecule has 0 fully saturated rings. The third-order valence-electron chi connectivity index (χ3n) is 1.70. The first kappa shape index (κ1) is 11.2. The summed E-state index contributed by atoms with van der Waals surface area (Å²) in [6.45, 7) is 0. The summed E-state index contributed by atoms with van der Waals surface area (Å²) >= 11 is 0.528. The van der Waals surface area contributed by atoms with E-state index < -0.39 is 5.76 Å². The Labute approximate surface area is 85.5 Å². The molecular weight excluding hydrogens is 206 g/mol. The summed E-state index contributed by atoms with van der Waals surface area (Å²) in [5, 5.41) is 0. The lowest BCUT2D eigenvalue weighted by molar-refractivity contribution is -0.107. The highest BCUT2D eigenvalue weighted by atomic mass is 32.2. The SMILES string of the molecule is O=CCCc1ccc(SC(F)F)cc1. The quantitative estimate of drug-likeness (QED) is 0.555. The van der Waals surface area contributed by atoms with Gasteiger partial charge in [0.2, 0.25) is 0 Å². The zero-order chi connectivity index (χ0) is 10.4. The number of alkyl halides is 2. The number of hydrogen-bond acceptors (Lipinski definition) is 2. The number of carbonyl (C=O) groups excluding carboxylic acids is 1. The summed E-state index contributed by atoms with van der Waals surface area (Å²) in [5.41, 5.74) is 0.996. The summed E-state index contributed by atoms with van der Waals surface area (Å²) < 4.78 is 23.9. The number of carbonyl (C=O) groups is 1. The van der Waals surface area contributed by atoms with Crippen LogP contribution in [0.2, 0.25) is 0 Å². The highest BCUT2D eigenvalue weighted by Gasteiger charge is 2.04. The van der Waals surface area contributed by atoms with Crippen LogP contribution in [0.4, 0.5) is 8.78 Å². The fourth-order valence-corrected chi connectivity index (χ4v) is 1.56. The minimum Gasteiger partial charge on any atom is -0.303 e. The normalized spacial score (nSPS) is 10.5. The minimum atomic E-state index is -2.38. The molecule has 0 bridgehead atoms. The van der Waals surface area contributed by atoms with Crippen LogP contribution in [0.3, 0.4) is 0 Å². The molecule has 0 heterocycles. The van der Waals surface area contributed by atoms with Crippen LogP contribution in [0.25, 0.3) is 0 Å². The number of rotatable bonds is 5. The Morgan fingerprint density at radius 3 is 2.43 bits per heavy atom. The van der Waals surface area contributed by atoms with Gasteiger partial charge in [0.25, 0.3) is 5.76 Å². The lowest BCUT2D eigenvalue weighted by atomic mass is 10.1. The van der Waals surface area contributed by atoms with Gasteiger partial charge in [0.05, 0.1) is 0 Å². The Kier molecular flexibility index (Phi) is 4.59. The van der Waals surface area contributed by atoms with Gasteiger partial charge in [0.1, 0.15) is 6.29 Å². The second kappa shape index (κ2) is 5.75. The van der Waals surface area contributed by atoms with E-state index in [1.807, 2.05) is 0 Å². The van der Waals surface area contributed by atoms with Gasteiger partial charge in [0.15, 0.2) is 0 Å². The van der Waals surface area contributed by atoms with Crippen molar-refractivity contribution in [2.45, 2.75) is 23.5 Å². The smallest absolute Gasteiger partial charge is 0.288 e. The van der Waals surface area contributed by atoms with Gasteiger partial charge in [0, 0.05) is 11.3 Å². The van der Waals surface area contributed by atoms with E-state index in [0.717, 1.165) is 11.8 Å². The van der Waals surface area contributed by atoms with Gasteiger partial charge in [-0.15, -0.1) is 0 Å². The lowest BCUT2D eigenvalue weighted by Gasteiger charge is -2.01. The fraction of sp³-hybridized carbons (Fsp3) is 0.300. The first-order valence-electron chi connectivity index (χ1n) is 4.20. The third kappa shape index (κ3) is 3.87. The van der Waals surface area contributed by atoms with Crippen molar-refractivity contribution in [2.24, 2.45) is 0 Å². The third-order valence-corrected chi connectivity index (χ3v) is 2.42. The van der Waals surface area contributed by atoms with Gasteiger partial charge < -0.3 is 4.79 Å². The first-order chi connectivity index (χ1) is 6.72. The van der Waals surface area contributed by atoms with Crippen LogP contribution in [0.15, 0.2) is 29.2 Å². The van der Waals surface area contributed by atoms with E-state index in [9.17, 15) is 13.6 Å². The zero-order valence-corrected chi connectivity index (χ0v) is 8.27. The molecule has 0 spiro atoms. The molecule has 0 amide bonds. The van der Waals surface area contributed by atoms with Crippen LogP contribution in [0.5, 0.6) is 0 Å². The number of halogens is 2. The van der Waals surface area contributed by atoms with Crippen molar-refractivity contribution in [3.05, 3.63) is 29.8 Å². The Morgan fingerprint density at radius 1 is 1.29 bits per heavy atom. The van der Waals surface area contributed by atoms with E-state index in [1.54, 1.807) is 24.3 Å². The topological polar surface area (TPSA) is 17.1 Å². The Hall–Kier alpha value is -0.900. The predicted octanol–water partition coefficient (Wildman–Crippen LogP) is 3.13. The summed E-state index contributed by atoms with van der Waals surface area (Å²) in [5.74, 6) is -2.38. The predicted molar refractivity (Wildman–Crippen MR) is 52.7 cm³/mol. The largest absolute Gasteiger partial charge is 0.303 e. The van der Waals surface area contributed by atoms with Crippen molar-refractivity contribution in [3.8, 4) is 0 Å². The van der Waals surface area contributed by atoms with Gasteiger partial charge in [-0.2, -0.15) is 8.78 Å². The summed E-state index contributed by atoms with van der Waals surface area (Å²) in [7, 11) is 0. The van der Waals surface area contributed by atoms with Crippen molar-refractivity contribution in [3.63, 3.8) is 0 Å². The van der Waals surface area contributed by atoms with Gasteiger partial charge in [-0.25, -0.2) is 0 Å². The molecule has 1 aromatic rings. The van der Waals surface area contributed by atoms with Crippen molar-refractivity contribution in [1.29, 1.82) is 0 Å². The first-order valence-corrected chi connectivity index (χ1v) is 5.07. The number of aryl methyl sites for hydroxylation is 1. The van der Waals surface area contributed by atoms with Crippen LogP contribution in [0.1, 0.15) is 12.0 Å². The molecule has 0 saturated carbocycles. The molecule has 4 heteroatoms. The van der Waals surface area contributed by atoms with E-state index in [4.69, 9.17) is 0 Å². The molecule has 1 rings (SSSR count). The molecule has 14 heavy (non-hydrogen) atoms. The highest BCUT2D eigenvalue weighted by molar-refractivity contribution is 7.99. The van der Waals surface area contributed by atoms with Crippen molar-refractivity contribution in [2.75, 3.05) is 0 Å². The van der Waals surface area contributed by atoms with Crippen LogP contribution in [-0.4, -0.2) is 12.0 Å². The second-order valence-corrected chi connectivity index (χ2v) is 3.79.